The summed E-state index contributed by atoms with van der Waals surface area (Å²) in [5, 5.41) is 6.66. The maximum absolute atomic E-state index is 12.3. The molecule has 8 nitrogen and oxygen atoms in total. The van der Waals surface area contributed by atoms with Gasteiger partial charge in [-0.1, -0.05) is 5.16 Å². The normalized spacial score (nSPS) is 19.1. The molecule has 3 heterocycles. The van der Waals surface area contributed by atoms with Crippen molar-refractivity contribution in [3.8, 4) is 0 Å². The summed E-state index contributed by atoms with van der Waals surface area (Å²) in [4.78, 5) is 31.4. The predicted molar refractivity (Wildman–Crippen MR) is 87.3 cm³/mol. The molecule has 2 N–H and O–H groups in total. The highest BCUT2D eigenvalue weighted by Crippen LogP contribution is 2.26. The first-order chi connectivity index (χ1) is 12.2. The zero-order valence-electron chi connectivity index (χ0n) is 13.8. The number of carbonyl (C=O) groups excluding carboxylic acids is 1. The molecule has 1 saturated heterocycles. The van der Waals surface area contributed by atoms with Crippen LogP contribution < -0.4 is 10.9 Å². The summed E-state index contributed by atoms with van der Waals surface area (Å²) >= 11 is 0. The molecule has 0 bridgehead atoms. The summed E-state index contributed by atoms with van der Waals surface area (Å²) in [6.07, 6.45) is 5.00. The third kappa shape index (κ3) is 3.34. The Labute approximate surface area is 144 Å². The van der Waals surface area contributed by atoms with Gasteiger partial charge in [0.25, 0.3) is 17.4 Å². The van der Waals surface area contributed by atoms with Gasteiger partial charge in [-0.2, -0.15) is 4.98 Å². The Morgan fingerprint density at radius 3 is 3.12 bits per heavy atom. The minimum absolute atomic E-state index is 0.110. The first-order valence-electron chi connectivity index (χ1n) is 8.68. The van der Waals surface area contributed by atoms with Gasteiger partial charge in [-0.25, -0.2) is 0 Å². The fourth-order valence-electron chi connectivity index (χ4n) is 3.34. The molecule has 132 valence electrons. The zero-order chi connectivity index (χ0) is 17.2. The molecule has 2 aliphatic rings. The van der Waals surface area contributed by atoms with Crippen molar-refractivity contribution in [3.63, 3.8) is 0 Å². The predicted octanol–water partition coefficient (Wildman–Crippen LogP) is 1.07. The molecular weight excluding hydrogens is 324 g/mol. The highest BCUT2D eigenvalue weighted by molar-refractivity contribution is 5.94. The number of aromatic amines is 1. The van der Waals surface area contributed by atoms with E-state index in [0.717, 1.165) is 43.4 Å². The minimum atomic E-state index is -0.376. The molecule has 25 heavy (non-hydrogen) atoms. The summed E-state index contributed by atoms with van der Waals surface area (Å²) in [6, 6.07) is 1.71. The minimum Gasteiger partial charge on any atom is -0.368 e. The Morgan fingerprint density at radius 2 is 2.28 bits per heavy atom. The largest absolute Gasteiger partial charge is 0.368 e. The topological polar surface area (TPSA) is 110 Å². The highest BCUT2D eigenvalue weighted by atomic mass is 16.5. The second kappa shape index (κ2) is 6.79. The van der Waals surface area contributed by atoms with Crippen LogP contribution in [-0.2, 0) is 24.0 Å². The quantitative estimate of drug-likeness (QED) is 0.839. The van der Waals surface area contributed by atoms with Gasteiger partial charge < -0.3 is 19.6 Å². The molecule has 4 rings (SSSR count). The van der Waals surface area contributed by atoms with E-state index in [1.54, 1.807) is 6.07 Å². The van der Waals surface area contributed by atoms with Crippen LogP contribution >= 0.6 is 0 Å². The number of pyridine rings is 1. The number of ether oxygens (including phenoxy) is 1. The molecule has 1 aliphatic carbocycles. The molecule has 1 fully saturated rings. The summed E-state index contributed by atoms with van der Waals surface area (Å²) in [5.41, 5.74) is 1.84. The Morgan fingerprint density at radius 1 is 1.36 bits per heavy atom. The molecule has 0 unspecified atom stereocenters. The van der Waals surface area contributed by atoms with E-state index in [1.165, 1.54) is 0 Å². The molecule has 0 radical (unpaired) electrons. The van der Waals surface area contributed by atoms with Crippen molar-refractivity contribution in [3.05, 3.63) is 45.0 Å². The second-order valence-electron chi connectivity index (χ2n) is 6.43. The monoisotopic (exact) mass is 344 g/mol. The van der Waals surface area contributed by atoms with Crippen LogP contribution in [0.3, 0.4) is 0 Å². The lowest BCUT2D eigenvalue weighted by Gasteiger charge is -2.05. The Balaban J connectivity index is 1.34. The summed E-state index contributed by atoms with van der Waals surface area (Å²) in [6.45, 7) is 1.05. The van der Waals surface area contributed by atoms with Crippen molar-refractivity contribution in [1.29, 1.82) is 0 Å². The standard InChI is InChI=1S/C17H20N4O4/c22-15(11-9-10-3-1-4-12(10)19-16(11)23)18-7-6-14-20-17(25-21-14)13-5-2-8-24-13/h9,13H,1-8H2,(H,18,22)(H,19,23)/t13-/m1/s1. The molecular formula is C17H20N4O4. The number of H-pyrrole nitrogens is 1. The Bertz CT molecular complexity index is 835. The number of fused-ring (bicyclic) bond motifs is 1. The molecule has 1 atom stereocenters. The summed E-state index contributed by atoms with van der Waals surface area (Å²) in [5.74, 6) is 0.640. The number of nitrogens with zero attached hydrogens (tertiary/aromatic N) is 2. The lowest BCUT2D eigenvalue weighted by Crippen LogP contribution is -2.31. The lowest BCUT2D eigenvalue weighted by atomic mass is 10.1. The van der Waals surface area contributed by atoms with Gasteiger partial charge in [-0.15, -0.1) is 0 Å². The van der Waals surface area contributed by atoms with Gasteiger partial charge in [-0.3, -0.25) is 9.59 Å². The fraction of sp³-hybridized carbons (Fsp3) is 0.529. The third-order valence-electron chi connectivity index (χ3n) is 4.66. The molecule has 1 amide bonds. The molecule has 0 spiro atoms. The van der Waals surface area contributed by atoms with E-state index in [-0.39, 0.29) is 23.1 Å². The van der Waals surface area contributed by atoms with E-state index in [9.17, 15) is 9.59 Å². The average molecular weight is 344 g/mol. The number of hydrogen-bond acceptors (Lipinski definition) is 6. The van der Waals surface area contributed by atoms with E-state index >= 15 is 0 Å². The van der Waals surface area contributed by atoms with Crippen molar-refractivity contribution in [2.45, 2.75) is 44.6 Å². The van der Waals surface area contributed by atoms with Crippen LogP contribution in [-0.4, -0.2) is 34.2 Å². The van der Waals surface area contributed by atoms with E-state index < -0.39 is 0 Å². The van der Waals surface area contributed by atoms with Gasteiger partial charge in [0.1, 0.15) is 11.7 Å². The fourth-order valence-corrected chi connectivity index (χ4v) is 3.34. The molecule has 2 aromatic rings. The molecule has 0 aromatic carbocycles. The van der Waals surface area contributed by atoms with Crippen LogP contribution in [0.2, 0.25) is 0 Å². The first kappa shape index (κ1) is 16.0. The van der Waals surface area contributed by atoms with E-state index in [0.29, 0.717) is 31.3 Å². The van der Waals surface area contributed by atoms with Crippen LogP contribution in [0.4, 0.5) is 0 Å². The second-order valence-corrected chi connectivity index (χ2v) is 6.43. The zero-order valence-corrected chi connectivity index (χ0v) is 13.8. The van der Waals surface area contributed by atoms with E-state index in [1.807, 2.05) is 0 Å². The lowest BCUT2D eigenvalue weighted by molar-refractivity contribution is 0.0835. The molecule has 2 aromatic heterocycles. The average Bonchev–Trinajstić information content (AvgIpc) is 3.34. The van der Waals surface area contributed by atoms with Crippen molar-refractivity contribution < 1.29 is 14.1 Å². The smallest absolute Gasteiger partial charge is 0.261 e. The Hall–Kier alpha value is -2.48. The molecule has 1 aliphatic heterocycles. The molecule has 8 heteroatoms. The van der Waals surface area contributed by atoms with Gasteiger partial charge >= 0.3 is 0 Å². The SMILES string of the molecule is O=C(NCCc1noc([C@H]2CCCO2)n1)c1cc2c([nH]c1=O)CCC2. The van der Waals surface area contributed by atoms with E-state index in [4.69, 9.17) is 9.26 Å². The van der Waals surface area contributed by atoms with Gasteiger partial charge in [0.15, 0.2) is 5.82 Å². The summed E-state index contributed by atoms with van der Waals surface area (Å²) < 4.78 is 10.7. The van der Waals surface area contributed by atoms with Gasteiger partial charge in [0, 0.05) is 25.3 Å². The Kier molecular flexibility index (Phi) is 4.35. The van der Waals surface area contributed by atoms with Crippen LogP contribution in [0.5, 0.6) is 0 Å². The number of hydrogen-bond donors (Lipinski definition) is 2. The first-order valence-corrected chi connectivity index (χ1v) is 8.68. The number of rotatable bonds is 5. The number of aromatic nitrogens is 3. The van der Waals surface area contributed by atoms with Crippen LogP contribution in [0, 0.1) is 0 Å². The van der Waals surface area contributed by atoms with Crippen molar-refractivity contribution in [2.24, 2.45) is 0 Å². The molecule has 0 saturated carbocycles. The van der Waals surface area contributed by atoms with Crippen LogP contribution in [0.15, 0.2) is 15.4 Å². The summed E-state index contributed by atoms with van der Waals surface area (Å²) in [7, 11) is 0. The van der Waals surface area contributed by atoms with Crippen molar-refractivity contribution in [1.82, 2.24) is 20.4 Å². The van der Waals surface area contributed by atoms with Gasteiger partial charge in [0.2, 0.25) is 0 Å². The van der Waals surface area contributed by atoms with Gasteiger partial charge in [0.05, 0.1) is 0 Å². The van der Waals surface area contributed by atoms with Crippen molar-refractivity contribution in [2.75, 3.05) is 13.2 Å². The number of aryl methyl sites for hydroxylation is 2. The number of amides is 1. The maximum atomic E-state index is 12.3. The van der Waals surface area contributed by atoms with Crippen molar-refractivity contribution >= 4 is 5.91 Å². The highest BCUT2D eigenvalue weighted by Gasteiger charge is 2.24. The number of nitrogens with one attached hydrogen (secondary N) is 2. The third-order valence-corrected chi connectivity index (χ3v) is 4.66. The maximum Gasteiger partial charge on any atom is 0.261 e. The van der Waals surface area contributed by atoms with Gasteiger partial charge in [-0.05, 0) is 43.7 Å². The van der Waals surface area contributed by atoms with E-state index in [2.05, 4.69) is 20.4 Å². The van der Waals surface area contributed by atoms with Crippen LogP contribution in [0.25, 0.3) is 0 Å². The number of carbonyl (C=O) groups is 1. The van der Waals surface area contributed by atoms with Crippen LogP contribution in [0.1, 0.15) is 58.7 Å².